The Balaban J connectivity index is 1.68. The van der Waals surface area contributed by atoms with Gasteiger partial charge in [0, 0.05) is 44.5 Å². The van der Waals surface area contributed by atoms with Crippen molar-refractivity contribution in [1.82, 2.24) is 14.4 Å². The summed E-state index contributed by atoms with van der Waals surface area (Å²) in [5, 5.41) is 10.6. The van der Waals surface area contributed by atoms with E-state index in [-0.39, 0.29) is 18.4 Å². The molecule has 0 spiro atoms. The predicted molar refractivity (Wildman–Crippen MR) is 124 cm³/mol. The van der Waals surface area contributed by atoms with Crippen molar-refractivity contribution >= 4 is 6.09 Å². The minimum Gasteiger partial charge on any atom is -0.503 e. The second-order valence-electron chi connectivity index (χ2n) is 9.01. The van der Waals surface area contributed by atoms with Crippen molar-refractivity contribution in [3.8, 4) is 17.2 Å². The number of benzene rings is 1. The third kappa shape index (κ3) is 5.98. The van der Waals surface area contributed by atoms with Crippen LogP contribution in [0.2, 0.25) is 0 Å². The highest BCUT2D eigenvalue weighted by Crippen LogP contribution is 2.29. The zero-order valence-electron chi connectivity index (χ0n) is 20.0. The van der Waals surface area contributed by atoms with Crippen molar-refractivity contribution in [2.45, 2.75) is 39.5 Å². The van der Waals surface area contributed by atoms with Crippen LogP contribution in [0.1, 0.15) is 31.9 Å². The number of aromatic nitrogens is 1. The topological polar surface area (TPSA) is 93.5 Å². The molecule has 9 nitrogen and oxygen atoms in total. The standard InChI is InChI=1S/C24H33N3O6/c1-24(2,3)33-23(30)26-13-11-25(12-14-26)15-17-9-10-27(22(29)21(17)28)16-18-19(31-4)7-6-8-20(18)32-5/h6-10,28H,11-16H2,1-5H3. The van der Waals surface area contributed by atoms with E-state index in [1.54, 1.807) is 43.5 Å². The monoisotopic (exact) mass is 459 g/mol. The van der Waals surface area contributed by atoms with Gasteiger partial charge in [-0.1, -0.05) is 6.07 Å². The molecule has 180 valence electrons. The van der Waals surface area contributed by atoms with Gasteiger partial charge in [-0.15, -0.1) is 0 Å². The largest absolute Gasteiger partial charge is 0.503 e. The highest BCUT2D eigenvalue weighted by Gasteiger charge is 2.26. The molecule has 1 N–H and O–H groups in total. The van der Waals surface area contributed by atoms with Crippen LogP contribution in [0, 0.1) is 0 Å². The second-order valence-corrected chi connectivity index (χ2v) is 9.01. The summed E-state index contributed by atoms with van der Waals surface area (Å²) in [7, 11) is 3.12. The summed E-state index contributed by atoms with van der Waals surface area (Å²) < 4.78 is 17.7. The molecule has 1 saturated heterocycles. The Bertz CT molecular complexity index is 1010. The first-order valence-electron chi connectivity index (χ1n) is 10.9. The van der Waals surface area contributed by atoms with Crippen LogP contribution in [0.5, 0.6) is 17.2 Å². The molecule has 0 atom stereocenters. The van der Waals surface area contributed by atoms with E-state index in [4.69, 9.17) is 14.2 Å². The highest BCUT2D eigenvalue weighted by atomic mass is 16.6. The van der Waals surface area contributed by atoms with Gasteiger partial charge in [0.2, 0.25) is 0 Å². The number of nitrogens with zero attached hydrogens (tertiary/aromatic N) is 3. The molecule has 3 rings (SSSR count). The van der Waals surface area contributed by atoms with Crippen LogP contribution in [-0.4, -0.2) is 71.6 Å². The van der Waals surface area contributed by atoms with Crippen LogP contribution >= 0.6 is 0 Å². The lowest BCUT2D eigenvalue weighted by Gasteiger charge is -2.35. The number of ether oxygens (including phenoxy) is 3. The average molecular weight is 460 g/mol. The van der Waals surface area contributed by atoms with E-state index in [0.29, 0.717) is 49.8 Å². The van der Waals surface area contributed by atoms with Gasteiger partial charge >= 0.3 is 6.09 Å². The minimum absolute atomic E-state index is 0.203. The Morgan fingerprint density at radius 1 is 1.00 bits per heavy atom. The fourth-order valence-corrected chi connectivity index (χ4v) is 3.76. The molecule has 0 saturated carbocycles. The normalized spacial score (nSPS) is 14.8. The van der Waals surface area contributed by atoms with Crippen LogP contribution in [0.15, 0.2) is 35.3 Å². The number of aromatic hydroxyl groups is 1. The molecule has 1 aliphatic heterocycles. The molecule has 2 aromatic rings. The lowest BCUT2D eigenvalue weighted by molar-refractivity contribution is 0.0138. The summed E-state index contributed by atoms with van der Waals surface area (Å²) in [6, 6.07) is 7.16. The zero-order chi connectivity index (χ0) is 24.2. The zero-order valence-corrected chi connectivity index (χ0v) is 20.0. The van der Waals surface area contributed by atoms with Crippen LogP contribution in [0.4, 0.5) is 4.79 Å². The minimum atomic E-state index is -0.530. The molecule has 9 heteroatoms. The van der Waals surface area contributed by atoms with Crippen molar-refractivity contribution in [2.24, 2.45) is 0 Å². The van der Waals surface area contributed by atoms with Gasteiger partial charge in [-0.2, -0.15) is 0 Å². The smallest absolute Gasteiger partial charge is 0.410 e. The number of piperazine rings is 1. The van der Waals surface area contributed by atoms with E-state index >= 15 is 0 Å². The number of amides is 1. The predicted octanol–water partition coefficient (Wildman–Crippen LogP) is 2.67. The average Bonchev–Trinajstić information content (AvgIpc) is 2.78. The number of hydrogen-bond acceptors (Lipinski definition) is 7. The maximum Gasteiger partial charge on any atom is 0.410 e. The van der Waals surface area contributed by atoms with Gasteiger partial charge in [0.25, 0.3) is 5.56 Å². The van der Waals surface area contributed by atoms with Gasteiger partial charge in [-0.25, -0.2) is 4.79 Å². The van der Waals surface area contributed by atoms with Crippen molar-refractivity contribution in [1.29, 1.82) is 0 Å². The lowest BCUT2D eigenvalue weighted by Crippen LogP contribution is -2.49. The SMILES string of the molecule is COc1cccc(OC)c1Cn1ccc(CN2CCN(C(=O)OC(C)(C)C)CC2)c(O)c1=O. The Hall–Kier alpha value is -3.20. The Labute approximate surface area is 194 Å². The molecule has 0 bridgehead atoms. The number of pyridine rings is 1. The molecule has 33 heavy (non-hydrogen) atoms. The van der Waals surface area contributed by atoms with Crippen LogP contribution in [0.25, 0.3) is 0 Å². The number of methoxy groups -OCH3 is 2. The van der Waals surface area contributed by atoms with Gasteiger partial charge in [-0.05, 0) is 39.0 Å². The maximum atomic E-state index is 12.9. The van der Waals surface area contributed by atoms with Crippen molar-refractivity contribution < 1.29 is 24.1 Å². The molecule has 1 aromatic heterocycles. The van der Waals surface area contributed by atoms with Crippen LogP contribution < -0.4 is 15.0 Å². The lowest BCUT2D eigenvalue weighted by atomic mass is 10.1. The Morgan fingerprint density at radius 2 is 1.61 bits per heavy atom. The number of rotatable bonds is 6. The quantitative estimate of drug-likeness (QED) is 0.710. The second kappa shape index (κ2) is 10.2. The van der Waals surface area contributed by atoms with Gasteiger partial charge in [0.15, 0.2) is 5.75 Å². The number of carbonyl (C=O) groups is 1. The van der Waals surface area contributed by atoms with E-state index in [1.807, 2.05) is 26.8 Å². The molecule has 0 radical (unpaired) electrons. The van der Waals surface area contributed by atoms with Gasteiger partial charge < -0.3 is 28.8 Å². The van der Waals surface area contributed by atoms with E-state index in [0.717, 1.165) is 5.56 Å². The first-order valence-corrected chi connectivity index (χ1v) is 10.9. The van der Waals surface area contributed by atoms with Crippen LogP contribution in [0.3, 0.4) is 0 Å². The molecule has 0 aliphatic carbocycles. The van der Waals surface area contributed by atoms with E-state index < -0.39 is 11.2 Å². The summed E-state index contributed by atoms with van der Waals surface area (Å²) in [6.45, 7) is 8.46. The third-order valence-corrected chi connectivity index (χ3v) is 5.50. The highest BCUT2D eigenvalue weighted by molar-refractivity contribution is 5.68. The van der Waals surface area contributed by atoms with Crippen LogP contribution in [-0.2, 0) is 17.8 Å². The Morgan fingerprint density at radius 3 is 2.15 bits per heavy atom. The van der Waals surface area contributed by atoms with Gasteiger partial charge in [0.05, 0.1) is 26.3 Å². The summed E-state index contributed by atoms with van der Waals surface area (Å²) in [5.41, 5.74) is 0.259. The van der Waals surface area contributed by atoms with Crippen molar-refractivity contribution in [2.75, 3.05) is 40.4 Å². The summed E-state index contributed by atoms with van der Waals surface area (Å²) in [5.74, 6) is 0.932. The summed E-state index contributed by atoms with van der Waals surface area (Å²) >= 11 is 0. The molecule has 1 amide bonds. The fraction of sp³-hybridized carbons (Fsp3) is 0.500. The summed E-state index contributed by atoms with van der Waals surface area (Å²) in [4.78, 5) is 28.9. The van der Waals surface area contributed by atoms with Crippen molar-refractivity contribution in [3.05, 3.63) is 51.9 Å². The van der Waals surface area contributed by atoms with Gasteiger partial charge in [-0.3, -0.25) is 9.69 Å². The van der Waals surface area contributed by atoms with E-state index in [1.165, 1.54) is 4.57 Å². The first-order chi connectivity index (χ1) is 15.6. The molecule has 2 heterocycles. The summed E-state index contributed by atoms with van der Waals surface area (Å²) in [6.07, 6.45) is 1.35. The third-order valence-electron chi connectivity index (χ3n) is 5.50. The van der Waals surface area contributed by atoms with E-state index in [2.05, 4.69) is 4.90 Å². The van der Waals surface area contributed by atoms with E-state index in [9.17, 15) is 14.7 Å². The molecular weight excluding hydrogens is 426 g/mol. The maximum absolute atomic E-state index is 12.9. The number of hydrogen-bond donors (Lipinski definition) is 1. The fourth-order valence-electron chi connectivity index (χ4n) is 3.76. The first kappa shape index (κ1) is 24.4. The molecule has 1 fully saturated rings. The molecule has 1 aromatic carbocycles. The Kier molecular flexibility index (Phi) is 7.53. The number of carbonyl (C=O) groups excluding carboxylic acids is 1. The molecule has 0 unspecified atom stereocenters. The molecule has 1 aliphatic rings. The van der Waals surface area contributed by atoms with Crippen molar-refractivity contribution in [3.63, 3.8) is 0 Å². The molecular formula is C24H33N3O6. The van der Waals surface area contributed by atoms with Gasteiger partial charge in [0.1, 0.15) is 17.1 Å².